The van der Waals surface area contributed by atoms with Gasteiger partial charge in [-0.25, -0.2) is 18.7 Å². The molecule has 0 saturated heterocycles. The van der Waals surface area contributed by atoms with Crippen molar-refractivity contribution in [1.29, 1.82) is 0 Å². The van der Waals surface area contributed by atoms with Crippen LogP contribution in [-0.4, -0.2) is 32.8 Å². The molecule has 5 nitrogen and oxygen atoms in total. The van der Waals surface area contributed by atoms with E-state index in [4.69, 9.17) is 0 Å². The number of aromatic nitrogens is 3. The summed E-state index contributed by atoms with van der Waals surface area (Å²) in [4.78, 5) is 25.6. The molecule has 0 saturated carbocycles. The lowest BCUT2D eigenvalue weighted by Gasteiger charge is -2.16. The maximum absolute atomic E-state index is 13.6. The van der Waals surface area contributed by atoms with E-state index in [0.717, 1.165) is 11.7 Å². The van der Waals surface area contributed by atoms with Gasteiger partial charge in [0, 0.05) is 13.1 Å². The third-order valence-corrected chi connectivity index (χ3v) is 3.25. The van der Waals surface area contributed by atoms with E-state index in [2.05, 4.69) is 15.0 Å². The van der Waals surface area contributed by atoms with E-state index in [9.17, 15) is 13.6 Å². The SMILES string of the molecule is CN(Cc1cnc2ccccc2n1)C(=O)c1ncc(F)cc1F. The number of carbonyl (C=O) groups is 1. The van der Waals surface area contributed by atoms with Gasteiger partial charge in [0.05, 0.1) is 35.7 Å². The number of fused-ring (bicyclic) bond motifs is 1. The van der Waals surface area contributed by atoms with Crippen LogP contribution in [0.4, 0.5) is 8.78 Å². The van der Waals surface area contributed by atoms with Crippen molar-refractivity contribution in [2.75, 3.05) is 7.05 Å². The van der Waals surface area contributed by atoms with Gasteiger partial charge in [0.15, 0.2) is 11.5 Å². The Hall–Kier alpha value is -2.96. The molecular weight excluding hydrogens is 302 g/mol. The highest BCUT2D eigenvalue weighted by Gasteiger charge is 2.19. The maximum Gasteiger partial charge on any atom is 0.275 e. The number of amides is 1. The summed E-state index contributed by atoms with van der Waals surface area (Å²) in [5.41, 5.74) is 1.58. The highest BCUT2D eigenvalue weighted by Crippen LogP contribution is 2.12. The van der Waals surface area contributed by atoms with E-state index in [1.54, 1.807) is 6.20 Å². The van der Waals surface area contributed by atoms with Gasteiger partial charge in [-0.3, -0.25) is 9.78 Å². The molecule has 1 aromatic carbocycles. The van der Waals surface area contributed by atoms with Crippen LogP contribution in [0, 0.1) is 11.6 Å². The number of benzene rings is 1. The van der Waals surface area contributed by atoms with E-state index in [0.29, 0.717) is 17.3 Å². The summed E-state index contributed by atoms with van der Waals surface area (Å²) in [6, 6.07) is 7.97. The molecule has 23 heavy (non-hydrogen) atoms. The number of nitrogens with zero attached hydrogens (tertiary/aromatic N) is 4. The number of pyridine rings is 1. The highest BCUT2D eigenvalue weighted by molar-refractivity contribution is 5.92. The Morgan fingerprint density at radius 2 is 1.87 bits per heavy atom. The minimum atomic E-state index is -0.994. The van der Waals surface area contributed by atoms with Crippen molar-refractivity contribution < 1.29 is 13.6 Å². The van der Waals surface area contributed by atoms with Crippen LogP contribution < -0.4 is 0 Å². The number of rotatable bonds is 3. The molecule has 1 amide bonds. The average molecular weight is 314 g/mol. The van der Waals surface area contributed by atoms with Crippen molar-refractivity contribution in [2.45, 2.75) is 6.54 Å². The lowest BCUT2D eigenvalue weighted by molar-refractivity contribution is 0.0772. The topological polar surface area (TPSA) is 59.0 Å². The van der Waals surface area contributed by atoms with Crippen LogP contribution in [0.2, 0.25) is 0 Å². The van der Waals surface area contributed by atoms with Crippen LogP contribution >= 0.6 is 0 Å². The van der Waals surface area contributed by atoms with Crippen molar-refractivity contribution >= 4 is 16.9 Å². The molecule has 0 unspecified atom stereocenters. The number of carbonyl (C=O) groups excluding carboxylic acids is 1. The van der Waals surface area contributed by atoms with Gasteiger partial charge < -0.3 is 4.90 Å². The summed E-state index contributed by atoms with van der Waals surface area (Å²) >= 11 is 0. The van der Waals surface area contributed by atoms with E-state index in [1.807, 2.05) is 24.3 Å². The van der Waals surface area contributed by atoms with Crippen LogP contribution in [0.1, 0.15) is 16.2 Å². The average Bonchev–Trinajstić information content (AvgIpc) is 2.54. The maximum atomic E-state index is 13.6. The van der Waals surface area contributed by atoms with Gasteiger partial charge in [-0.15, -0.1) is 0 Å². The molecule has 3 aromatic rings. The van der Waals surface area contributed by atoms with Crippen molar-refractivity contribution in [3.63, 3.8) is 0 Å². The van der Waals surface area contributed by atoms with E-state index in [-0.39, 0.29) is 6.54 Å². The fourth-order valence-electron chi connectivity index (χ4n) is 2.14. The van der Waals surface area contributed by atoms with Gasteiger partial charge in [-0.2, -0.15) is 0 Å². The Bertz CT molecular complexity index is 885. The first-order valence-corrected chi connectivity index (χ1v) is 6.82. The van der Waals surface area contributed by atoms with E-state index in [1.165, 1.54) is 11.9 Å². The van der Waals surface area contributed by atoms with E-state index < -0.39 is 23.2 Å². The van der Waals surface area contributed by atoms with Crippen molar-refractivity contribution in [3.05, 3.63) is 65.7 Å². The molecule has 116 valence electrons. The highest BCUT2D eigenvalue weighted by atomic mass is 19.1. The molecule has 0 N–H and O–H groups in total. The Balaban J connectivity index is 1.81. The first kappa shape index (κ1) is 15.0. The molecule has 0 radical (unpaired) electrons. The first-order valence-electron chi connectivity index (χ1n) is 6.82. The fourth-order valence-corrected chi connectivity index (χ4v) is 2.14. The molecule has 0 aliphatic carbocycles. The summed E-state index contributed by atoms with van der Waals surface area (Å²) in [5, 5.41) is 0. The second kappa shape index (κ2) is 6.04. The van der Waals surface area contributed by atoms with Gasteiger partial charge in [0.1, 0.15) is 5.82 Å². The van der Waals surface area contributed by atoms with Gasteiger partial charge in [-0.1, -0.05) is 12.1 Å². The predicted octanol–water partition coefficient (Wildman–Crippen LogP) is 2.58. The summed E-state index contributed by atoms with van der Waals surface area (Å²) in [7, 11) is 1.49. The second-order valence-corrected chi connectivity index (χ2v) is 5.00. The van der Waals surface area contributed by atoms with E-state index >= 15 is 0 Å². The normalized spacial score (nSPS) is 10.7. The number of para-hydroxylation sites is 2. The monoisotopic (exact) mass is 314 g/mol. The molecule has 2 heterocycles. The Kier molecular flexibility index (Phi) is 3.92. The summed E-state index contributed by atoms with van der Waals surface area (Å²) in [6.45, 7) is 0.134. The molecule has 3 rings (SSSR count). The molecular formula is C16H12F2N4O. The summed E-state index contributed by atoms with van der Waals surface area (Å²) < 4.78 is 26.5. The lowest BCUT2D eigenvalue weighted by atomic mass is 10.2. The predicted molar refractivity (Wildman–Crippen MR) is 79.5 cm³/mol. The smallest absolute Gasteiger partial charge is 0.275 e. The standard InChI is InChI=1S/C16H12F2N4O/c1-22(16(23)15-12(18)6-10(17)7-20-15)9-11-8-19-13-4-2-3-5-14(13)21-11/h2-8H,9H2,1H3. The van der Waals surface area contributed by atoms with Crippen LogP contribution in [0.25, 0.3) is 11.0 Å². The zero-order valence-electron chi connectivity index (χ0n) is 12.2. The minimum Gasteiger partial charge on any atom is -0.334 e. The molecule has 0 fully saturated rings. The van der Waals surface area contributed by atoms with Crippen LogP contribution in [0.5, 0.6) is 0 Å². The zero-order chi connectivity index (χ0) is 16.4. The molecule has 0 atom stereocenters. The van der Waals surface area contributed by atoms with Crippen molar-refractivity contribution in [1.82, 2.24) is 19.9 Å². The van der Waals surface area contributed by atoms with Gasteiger partial charge in [-0.05, 0) is 12.1 Å². The van der Waals surface area contributed by atoms with Crippen LogP contribution in [0.3, 0.4) is 0 Å². The summed E-state index contributed by atoms with van der Waals surface area (Å²) in [6.07, 6.45) is 2.36. The molecule has 0 aliphatic heterocycles. The summed E-state index contributed by atoms with van der Waals surface area (Å²) in [5.74, 6) is -2.48. The molecule has 7 heteroatoms. The Labute approximate surface area is 130 Å². The fraction of sp³-hybridized carbons (Fsp3) is 0.125. The first-order chi connectivity index (χ1) is 11.0. The minimum absolute atomic E-state index is 0.134. The number of hydrogen-bond donors (Lipinski definition) is 0. The second-order valence-electron chi connectivity index (χ2n) is 5.00. The molecule has 0 spiro atoms. The van der Waals surface area contributed by atoms with Crippen molar-refractivity contribution in [2.24, 2.45) is 0 Å². The lowest BCUT2D eigenvalue weighted by Crippen LogP contribution is -2.28. The quantitative estimate of drug-likeness (QED) is 0.745. The zero-order valence-corrected chi connectivity index (χ0v) is 12.2. The third kappa shape index (κ3) is 3.13. The van der Waals surface area contributed by atoms with Crippen LogP contribution in [-0.2, 0) is 6.54 Å². The Morgan fingerprint density at radius 1 is 1.13 bits per heavy atom. The van der Waals surface area contributed by atoms with Gasteiger partial charge in [0.2, 0.25) is 0 Å². The number of hydrogen-bond acceptors (Lipinski definition) is 4. The molecule has 2 aromatic heterocycles. The van der Waals surface area contributed by atoms with Crippen molar-refractivity contribution in [3.8, 4) is 0 Å². The molecule has 0 bridgehead atoms. The van der Waals surface area contributed by atoms with Crippen LogP contribution in [0.15, 0.2) is 42.7 Å². The van der Waals surface area contributed by atoms with Gasteiger partial charge >= 0.3 is 0 Å². The number of halogens is 2. The Morgan fingerprint density at radius 3 is 2.61 bits per heavy atom. The third-order valence-electron chi connectivity index (χ3n) is 3.25. The molecule has 0 aliphatic rings. The largest absolute Gasteiger partial charge is 0.334 e. The van der Waals surface area contributed by atoms with Gasteiger partial charge in [0.25, 0.3) is 5.91 Å².